The summed E-state index contributed by atoms with van der Waals surface area (Å²) in [6, 6.07) is 6.51. The van der Waals surface area contributed by atoms with E-state index in [-0.39, 0.29) is 17.8 Å². The Morgan fingerprint density at radius 3 is 2.70 bits per heavy atom. The van der Waals surface area contributed by atoms with Gasteiger partial charge in [-0.05, 0) is 32.4 Å². The molecule has 0 unspecified atom stereocenters. The number of benzene rings is 1. The second kappa shape index (κ2) is 5.79. The van der Waals surface area contributed by atoms with Crippen LogP contribution in [0.2, 0.25) is 0 Å². The maximum atomic E-state index is 13.9. The molecule has 2 N–H and O–H groups in total. The van der Waals surface area contributed by atoms with E-state index in [1.807, 2.05) is 20.8 Å². The number of carbonyl (C=O) groups is 1. The molecule has 0 aromatic heterocycles. The molecule has 0 radical (unpaired) electrons. The summed E-state index contributed by atoms with van der Waals surface area (Å²) >= 11 is 0. The monoisotopic (exact) mass is 280 g/mol. The van der Waals surface area contributed by atoms with Gasteiger partial charge in [-0.25, -0.2) is 9.18 Å². The van der Waals surface area contributed by atoms with Crippen molar-refractivity contribution >= 4 is 6.09 Å². The van der Waals surface area contributed by atoms with Gasteiger partial charge in [0.05, 0.1) is 6.04 Å². The van der Waals surface area contributed by atoms with Gasteiger partial charge < -0.3 is 15.4 Å². The van der Waals surface area contributed by atoms with Gasteiger partial charge in [0.1, 0.15) is 11.4 Å². The summed E-state index contributed by atoms with van der Waals surface area (Å²) in [7, 11) is 0. The van der Waals surface area contributed by atoms with Gasteiger partial charge in [-0.3, -0.25) is 0 Å². The molecule has 0 saturated carbocycles. The lowest BCUT2D eigenvalue weighted by molar-refractivity contribution is 0.0504. The average molecular weight is 280 g/mol. The number of rotatable bonds is 2. The molecule has 1 fully saturated rings. The van der Waals surface area contributed by atoms with Crippen LogP contribution in [0.1, 0.15) is 32.3 Å². The van der Waals surface area contributed by atoms with Crippen LogP contribution in [0.3, 0.4) is 0 Å². The Labute approximate surface area is 118 Å². The first-order valence-corrected chi connectivity index (χ1v) is 6.81. The van der Waals surface area contributed by atoms with Crippen LogP contribution in [-0.2, 0) is 4.74 Å². The number of hydrogen-bond acceptors (Lipinski definition) is 3. The normalized spacial score (nSPS) is 22.6. The molecular formula is C15H21FN2O2. The number of ether oxygens (including phenoxy) is 1. The lowest BCUT2D eigenvalue weighted by atomic mass is 9.94. The Kier molecular flexibility index (Phi) is 4.28. The van der Waals surface area contributed by atoms with Crippen LogP contribution in [0.5, 0.6) is 0 Å². The molecule has 1 aromatic rings. The van der Waals surface area contributed by atoms with Crippen molar-refractivity contribution in [3.8, 4) is 0 Å². The van der Waals surface area contributed by atoms with Crippen molar-refractivity contribution in [3.05, 3.63) is 35.6 Å². The van der Waals surface area contributed by atoms with E-state index in [1.165, 1.54) is 6.07 Å². The van der Waals surface area contributed by atoms with Crippen LogP contribution in [0, 0.1) is 5.82 Å². The van der Waals surface area contributed by atoms with E-state index in [0.29, 0.717) is 18.7 Å². The summed E-state index contributed by atoms with van der Waals surface area (Å²) in [5, 5.41) is 6.00. The number of halogens is 1. The van der Waals surface area contributed by atoms with Gasteiger partial charge in [0.15, 0.2) is 0 Å². The predicted octanol–water partition coefficient (Wildman–Crippen LogP) is 2.41. The molecule has 0 aliphatic carbocycles. The van der Waals surface area contributed by atoms with E-state index in [2.05, 4.69) is 10.6 Å². The van der Waals surface area contributed by atoms with E-state index in [9.17, 15) is 9.18 Å². The topological polar surface area (TPSA) is 50.4 Å². The van der Waals surface area contributed by atoms with Crippen molar-refractivity contribution in [2.24, 2.45) is 0 Å². The molecule has 5 heteroatoms. The summed E-state index contributed by atoms with van der Waals surface area (Å²) in [5.41, 5.74) is 0.0856. The second-order valence-electron chi connectivity index (χ2n) is 6.04. The Morgan fingerprint density at radius 1 is 1.35 bits per heavy atom. The first-order chi connectivity index (χ1) is 9.37. The highest BCUT2D eigenvalue weighted by atomic mass is 19.1. The van der Waals surface area contributed by atoms with Crippen LogP contribution in [0.25, 0.3) is 0 Å². The van der Waals surface area contributed by atoms with E-state index in [0.717, 1.165) is 0 Å². The Hall–Kier alpha value is -1.62. The van der Waals surface area contributed by atoms with Crippen LogP contribution >= 0.6 is 0 Å². The number of alkyl carbamates (subject to hydrolysis) is 1. The van der Waals surface area contributed by atoms with Gasteiger partial charge in [0.2, 0.25) is 0 Å². The Balaban J connectivity index is 2.05. The summed E-state index contributed by atoms with van der Waals surface area (Å²) in [4.78, 5) is 11.8. The third-order valence-electron chi connectivity index (χ3n) is 3.22. The van der Waals surface area contributed by atoms with Gasteiger partial charge in [0, 0.05) is 19.0 Å². The zero-order valence-electron chi connectivity index (χ0n) is 12.1. The Morgan fingerprint density at radius 2 is 2.05 bits per heavy atom. The van der Waals surface area contributed by atoms with Gasteiger partial charge in [-0.1, -0.05) is 18.2 Å². The first-order valence-electron chi connectivity index (χ1n) is 6.81. The highest BCUT2D eigenvalue weighted by Gasteiger charge is 2.32. The zero-order chi connectivity index (χ0) is 14.8. The molecule has 110 valence electrons. The molecule has 2 atom stereocenters. The van der Waals surface area contributed by atoms with Crippen molar-refractivity contribution in [1.82, 2.24) is 10.6 Å². The molecule has 0 spiro atoms. The lowest BCUT2D eigenvalue weighted by Crippen LogP contribution is -2.42. The standard InChI is InChI=1S/C15H21FN2O2/c1-15(2,3)20-14(19)18-13-9-17-8-11(13)10-6-4-5-7-12(10)16/h4-7,11,13,17H,8-9H2,1-3H3,(H,18,19)/t11-,13+/m1/s1. The maximum absolute atomic E-state index is 13.9. The second-order valence-corrected chi connectivity index (χ2v) is 6.04. The summed E-state index contributed by atoms with van der Waals surface area (Å²) < 4.78 is 19.1. The molecule has 4 nitrogen and oxygen atoms in total. The van der Waals surface area contributed by atoms with E-state index < -0.39 is 11.7 Å². The molecule has 1 heterocycles. The van der Waals surface area contributed by atoms with E-state index in [4.69, 9.17) is 4.74 Å². The van der Waals surface area contributed by atoms with Crippen molar-refractivity contribution in [2.75, 3.05) is 13.1 Å². The van der Waals surface area contributed by atoms with E-state index >= 15 is 0 Å². The number of hydrogen-bond donors (Lipinski definition) is 2. The number of carbonyl (C=O) groups excluding carboxylic acids is 1. The highest BCUT2D eigenvalue weighted by Crippen LogP contribution is 2.25. The predicted molar refractivity (Wildman–Crippen MR) is 75.2 cm³/mol. The molecule has 1 amide bonds. The zero-order valence-corrected chi connectivity index (χ0v) is 12.1. The molecule has 20 heavy (non-hydrogen) atoms. The van der Waals surface area contributed by atoms with Crippen LogP contribution < -0.4 is 10.6 Å². The van der Waals surface area contributed by atoms with Gasteiger partial charge in [-0.15, -0.1) is 0 Å². The van der Waals surface area contributed by atoms with Crippen LogP contribution in [0.4, 0.5) is 9.18 Å². The quantitative estimate of drug-likeness (QED) is 0.874. The fourth-order valence-electron chi connectivity index (χ4n) is 2.39. The minimum atomic E-state index is -0.538. The molecule has 1 saturated heterocycles. The summed E-state index contributed by atoms with van der Waals surface area (Å²) in [6.45, 7) is 6.69. The number of nitrogens with one attached hydrogen (secondary N) is 2. The summed E-state index contributed by atoms with van der Waals surface area (Å²) in [6.07, 6.45) is -0.465. The first kappa shape index (κ1) is 14.8. The van der Waals surface area contributed by atoms with Crippen molar-refractivity contribution in [1.29, 1.82) is 0 Å². The van der Waals surface area contributed by atoms with Crippen molar-refractivity contribution in [2.45, 2.75) is 38.3 Å². The smallest absolute Gasteiger partial charge is 0.407 e. The lowest BCUT2D eigenvalue weighted by Gasteiger charge is -2.24. The fourth-order valence-corrected chi connectivity index (χ4v) is 2.39. The highest BCUT2D eigenvalue weighted by molar-refractivity contribution is 5.68. The fraction of sp³-hybridized carbons (Fsp3) is 0.533. The summed E-state index contributed by atoms with van der Waals surface area (Å²) in [5.74, 6) is -0.319. The Bertz CT molecular complexity index is 485. The molecule has 1 aliphatic rings. The average Bonchev–Trinajstić information content (AvgIpc) is 2.75. The van der Waals surface area contributed by atoms with Crippen molar-refractivity contribution in [3.63, 3.8) is 0 Å². The molecular weight excluding hydrogens is 259 g/mol. The van der Waals surface area contributed by atoms with Gasteiger partial charge in [-0.2, -0.15) is 0 Å². The minimum absolute atomic E-state index is 0.0799. The largest absolute Gasteiger partial charge is 0.444 e. The molecule has 0 bridgehead atoms. The maximum Gasteiger partial charge on any atom is 0.407 e. The molecule has 1 aliphatic heterocycles. The molecule has 1 aromatic carbocycles. The third kappa shape index (κ3) is 3.70. The van der Waals surface area contributed by atoms with E-state index in [1.54, 1.807) is 18.2 Å². The molecule has 2 rings (SSSR count). The SMILES string of the molecule is CC(C)(C)OC(=O)N[C@H]1CNC[C@@H]1c1ccccc1F. The minimum Gasteiger partial charge on any atom is -0.444 e. The third-order valence-corrected chi connectivity index (χ3v) is 3.22. The number of amides is 1. The van der Waals surface area contributed by atoms with Gasteiger partial charge in [0.25, 0.3) is 0 Å². The van der Waals surface area contributed by atoms with Crippen LogP contribution in [-0.4, -0.2) is 30.8 Å². The van der Waals surface area contributed by atoms with Crippen LogP contribution in [0.15, 0.2) is 24.3 Å². The van der Waals surface area contributed by atoms with Crippen molar-refractivity contribution < 1.29 is 13.9 Å². The van der Waals surface area contributed by atoms with Gasteiger partial charge >= 0.3 is 6.09 Å².